The molecule has 10 heteroatoms. The summed E-state index contributed by atoms with van der Waals surface area (Å²) in [7, 11) is 3.04. The van der Waals surface area contributed by atoms with E-state index in [4.69, 9.17) is 4.74 Å². The number of aliphatic imine (C=N–C) groups is 1. The lowest BCUT2D eigenvalue weighted by atomic mass is 10.2. The lowest BCUT2D eigenvalue weighted by molar-refractivity contribution is -0.142. The first-order chi connectivity index (χ1) is 12.3. The van der Waals surface area contributed by atoms with Crippen LogP contribution in [-0.2, 0) is 26.3 Å². The maximum atomic E-state index is 13.0. The molecule has 0 amide bonds. The molecular formula is C17H23F3IN5O. The molecule has 1 aromatic carbocycles. The van der Waals surface area contributed by atoms with E-state index in [-0.39, 0.29) is 36.1 Å². The zero-order valence-corrected chi connectivity index (χ0v) is 17.6. The van der Waals surface area contributed by atoms with Crippen LogP contribution in [0.25, 0.3) is 0 Å². The molecular weight excluding hydrogens is 474 g/mol. The van der Waals surface area contributed by atoms with Gasteiger partial charge in [-0.2, -0.15) is 18.3 Å². The van der Waals surface area contributed by atoms with E-state index in [1.165, 1.54) is 13.2 Å². The van der Waals surface area contributed by atoms with Crippen molar-refractivity contribution in [3.8, 4) is 5.75 Å². The van der Waals surface area contributed by atoms with E-state index in [2.05, 4.69) is 20.7 Å². The fourth-order valence-corrected chi connectivity index (χ4v) is 2.37. The van der Waals surface area contributed by atoms with Gasteiger partial charge in [-0.05, 0) is 24.6 Å². The van der Waals surface area contributed by atoms with E-state index in [9.17, 15) is 13.2 Å². The highest BCUT2D eigenvalue weighted by Crippen LogP contribution is 2.30. The van der Waals surface area contributed by atoms with Gasteiger partial charge in [0, 0.05) is 31.9 Å². The molecule has 0 saturated heterocycles. The van der Waals surface area contributed by atoms with Crippen molar-refractivity contribution in [2.24, 2.45) is 12.0 Å². The SMILES string of the molecule is CCNC(=NCc1cccc(OC)c1)NCc1cn(C)nc1C(F)(F)F.I. The number of alkyl halides is 3. The Bertz CT molecular complexity index is 761. The molecule has 0 spiro atoms. The van der Waals surface area contributed by atoms with Gasteiger partial charge in [-0.25, -0.2) is 4.99 Å². The highest BCUT2D eigenvalue weighted by Gasteiger charge is 2.36. The predicted molar refractivity (Wildman–Crippen MR) is 108 cm³/mol. The normalized spacial score (nSPS) is 11.7. The summed E-state index contributed by atoms with van der Waals surface area (Å²) in [5, 5.41) is 9.43. The molecule has 27 heavy (non-hydrogen) atoms. The molecule has 2 aromatic rings. The summed E-state index contributed by atoms with van der Waals surface area (Å²) in [5.41, 5.74) is 0.0991. The lowest BCUT2D eigenvalue weighted by Gasteiger charge is -2.12. The number of guanidine groups is 1. The van der Waals surface area contributed by atoms with Crippen molar-refractivity contribution in [2.45, 2.75) is 26.2 Å². The van der Waals surface area contributed by atoms with Gasteiger partial charge in [0.25, 0.3) is 0 Å². The van der Waals surface area contributed by atoms with Crippen LogP contribution in [0.5, 0.6) is 5.75 Å². The smallest absolute Gasteiger partial charge is 0.435 e. The Labute approximate surface area is 173 Å². The first kappa shape index (κ1) is 23.1. The fourth-order valence-electron chi connectivity index (χ4n) is 2.37. The summed E-state index contributed by atoms with van der Waals surface area (Å²) >= 11 is 0. The van der Waals surface area contributed by atoms with Crippen LogP contribution in [0.3, 0.4) is 0 Å². The molecule has 0 aliphatic carbocycles. The van der Waals surface area contributed by atoms with Crippen LogP contribution in [-0.4, -0.2) is 29.4 Å². The van der Waals surface area contributed by atoms with Crippen LogP contribution in [0.1, 0.15) is 23.7 Å². The van der Waals surface area contributed by atoms with Gasteiger partial charge in [-0.1, -0.05) is 12.1 Å². The summed E-state index contributed by atoms with van der Waals surface area (Å²) in [6, 6.07) is 7.45. The first-order valence-corrected chi connectivity index (χ1v) is 8.08. The number of hydrogen-bond acceptors (Lipinski definition) is 3. The summed E-state index contributed by atoms with van der Waals surface area (Å²) < 4.78 is 45.4. The molecule has 0 saturated carbocycles. The van der Waals surface area contributed by atoms with Crippen molar-refractivity contribution >= 4 is 29.9 Å². The number of aryl methyl sites for hydroxylation is 1. The Morgan fingerprint density at radius 1 is 1.30 bits per heavy atom. The molecule has 1 aromatic heterocycles. The molecule has 0 unspecified atom stereocenters. The molecule has 0 radical (unpaired) electrons. The summed E-state index contributed by atoms with van der Waals surface area (Å²) in [6.45, 7) is 2.80. The number of halogens is 4. The van der Waals surface area contributed by atoms with Gasteiger partial charge in [-0.3, -0.25) is 4.68 Å². The van der Waals surface area contributed by atoms with Crippen molar-refractivity contribution in [3.05, 3.63) is 47.3 Å². The van der Waals surface area contributed by atoms with Crippen LogP contribution in [0, 0.1) is 0 Å². The second kappa shape index (κ2) is 10.4. The van der Waals surface area contributed by atoms with Crippen molar-refractivity contribution in [1.29, 1.82) is 0 Å². The minimum atomic E-state index is -4.49. The maximum absolute atomic E-state index is 13.0. The third kappa shape index (κ3) is 6.92. The minimum absolute atomic E-state index is 0. The van der Waals surface area contributed by atoms with Gasteiger partial charge >= 0.3 is 6.18 Å². The highest BCUT2D eigenvalue weighted by atomic mass is 127. The predicted octanol–water partition coefficient (Wildman–Crippen LogP) is 3.32. The molecule has 0 aliphatic rings. The van der Waals surface area contributed by atoms with Gasteiger partial charge in [0.2, 0.25) is 0 Å². The largest absolute Gasteiger partial charge is 0.497 e. The van der Waals surface area contributed by atoms with Crippen LogP contribution >= 0.6 is 24.0 Å². The maximum Gasteiger partial charge on any atom is 0.435 e. The zero-order chi connectivity index (χ0) is 19.2. The topological polar surface area (TPSA) is 63.5 Å². The van der Waals surface area contributed by atoms with Gasteiger partial charge in [0.1, 0.15) is 5.75 Å². The molecule has 0 atom stereocenters. The summed E-state index contributed by atoms with van der Waals surface area (Å²) in [4.78, 5) is 4.40. The third-order valence-electron chi connectivity index (χ3n) is 3.52. The average Bonchev–Trinajstić information content (AvgIpc) is 2.99. The van der Waals surface area contributed by atoms with Crippen molar-refractivity contribution in [1.82, 2.24) is 20.4 Å². The van der Waals surface area contributed by atoms with E-state index >= 15 is 0 Å². The van der Waals surface area contributed by atoms with E-state index in [0.29, 0.717) is 19.0 Å². The molecule has 2 N–H and O–H groups in total. The number of aromatic nitrogens is 2. The van der Waals surface area contributed by atoms with E-state index < -0.39 is 11.9 Å². The second-order valence-corrected chi connectivity index (χ2v) is 5.57. The van der Waals surface area contributed by atoms with Crippen molar-refractivity contribution < 1.29 is 17.9 Å². The number of ether oxygens (including phenoxy) is 1. The number of benzene rings is 1. The lowest BCUT2D eigenvalue weighted by Crippen LogP contribution is -2.37. The van der Waals surface area contributed by atoms with Gasteiger partial charge in [-0.15, -0.1) is 24.0 Å². The van der Waals surface area contributed by atoms with Crippen LogP contribution in [0.2, 0.25) is 0 Å². The highest BCUT2D eigenvalue weighted by molar-refractivity contribution is 14.0. The fraction of sp³-hybridized carbons (Fsp3) is 0.412. The Morgan fingerprint density at radius 2 is 2.04 bits per heavy atom. The Morgan fingerprint density at radius 3 is 2.67 bits per heavy atom. The van der Waals surface area contributed by atoms with Crippen molar-refractivity contribution in [3.63, 3.8) is 0 Å². The van der Waals surface area contributed by atoms with E-state index in [1.807, 2.05) is 31.2 Å². The van der Waals surface area contributed by atoms with Gasteiger partial charge in [0.15, 0.2) is 11.7 Å². The Hall–Kier alpha value is -1.98. The van der Waals surface area contributed by atoms with Crippen LogP contribution < -0.4 is 15.4 Å². The molecule has 6 nitrogen and oxygen atoms in total. The van der Waals surface area contributed by atoms with E-state index in [1.54, 1.807) is 7.11 Å². The molecule has 0 aliphatic heterocycles. The first-order valence-electron chi connectivity index (χ1n) is 8.08. The number of hydrogen-bond donors (Lipinski definition) is 2. The standard InChI is InChI=1S/C17H22F3N5O.HI/c1-4-21-16(22-9-12-6-5-7-14(8-12)26-3)23-10-13-11-25(2)24-15(13)17(18,19)20;/h5-8,11H,4,9-10H2,1-3H3,(H2,21,22,23);1H. The summed E-state index contributed by atoms with van der Waals surface area (Å²) in [5.74, 6) is 1.15. The third-order valence-corrected chi connectivity index (χ3v) is 3.52. The quantitative estimate of drug-likeness (QED) is 0.365. The van der Waals surface area contributed by atoms with E-state index in [0.717, 1.165) is 16.0 Å². The number of nitrogens with zero attached hydrogens (tertiary/aromatic N) is 3. The number of rotatable bonds is 6. The van der Waals surface area contributed by atoms with Crippen molar-refractivity contribution in [2.75, 3.05) is 13.7 Å². The molecule has 150 valence electrons. The van der Waals surface area contributed by atoms with Crippen LogP contribution in [0.15, 0.2) is 35.5 Å². The van der Waals surface area contributed by atoms with Crippen LogP contribution in [0.4, 0.5) is 13.2 Å². The molecule has 2 rings (SSSR count). The Kier molecular flexibility index (Phi) is 8.86. The van der Waals surface area contributed by atoms with Gasteiger partial charge < -0.3 is 15.4 Å². The zero-order valence-electron chi connectivity index (χ0n) is 15.3. The van der Waals surface area contributed by atoms with Gasteiger partial charge in [0.05, 0.1) is 13.7 Å². The average molecular weight is 497 g/mol. The molecule has 0 bridgehead atoms. The molecule has 1 heterocycles. The number of methoxy groups -OCH3 is 1. The minimum Gasteiger partial charge on any atom is -0.497 e. The Balaban J connectivity index is 0.00000364. The monoisotopic (exact) mass is 497 g/mol. The second-order valence-electron chi connectivity index (χ2n) is 5.57. The number of nitrogens with one attached hydrogen (secondary N) is 2. The molecule has 0 fully saturated rings. The summed E-state index contributed by atoms with van der Waals surface area (Å²) in [6.07, 6.45) is -3.14.